The minimum Gasteiger partial charge on any atom is -0.508 e. The number of aryl methyl sites for hydroxylation is 2. The Labute approximate surface area is 112 Å². The van der Waals surface area contributed by atoms with E-state index < -0.39 is 0 Å². The Balaban J connectivity index is 2.10. The van der Waals surface area contributed by atoms with Crippen molar-refractivity contribution in [3.05, 3.63) is 41.2 Å². The molecule has 2 aromatic rings. The van der Waals surface area contributed by atoms with Crippen molar-refractivity contribution in [1.82, 2.24) is 15.2 Å². The van der Waals surface area contributed by atoms with Crippen molar-refractivity contribution in [2.45, 2.75) is 33.2 Å². The summed E-state index contributed by atoms with van der Waals surface area (Å²) in [7, 11) is 0. The molecule has 0 aliphatic rings. The third-order valence-electron chi connectivity index (χ3n) is 2.94. The van der Waals surface area contributed by atoms with E-state index in [1.807, 2.05) is 19.1 Å². The summed E-state index contributed by atoms with van der Waals surface area (Å²) in [4.78, 5) is 4.44. The predicted molar refractivity (Wildman–Crippen MR) is 74.0 cm³/mol. The minimum atomic E-state index is 0.267. The molecule has 0 bridgehead atoms. The predicted octanol–water partition coefficient (Wildman–Crippen LogP) is 2.31. The summed E-state index contributed by atoms with van der Waals surface area (Å²) in [5.74, 6) is 0.765. The maximum Gasteiger partial charge on any atom is 0.243 e. The largest absolute Gasteiger partial charge is 0.508 e. The fourth-order valence-electron chi connectivity index (χ4n) is 1.85. The maximum absolute atomic E-state index is 9.68. The summed E-state index contributed by atoms with van der Waals surface area (Å²) in [5, 5.41) is 21.0. The number of aromatic nitrogens is 3. The van der Waals surface area contributed by atoms with Gasteiger partial charge < -0.3 is 10.4 Å². The van der Waals surface area contributed by atoms with Gasteiger partial charge in [-0.05, 0) is 18.9 Å². The Morgan fingerprint density at radius 3 is 2.47 bits per heavy atom. The number of phenolic OH excluding ortho intramolecular Hbond substituents is 1. The molecule has 0 aliphatic heterocycles. The van der Waals surface area contributed by atoms with E-state index in [-0.39, 0.29) is 5.75 Å². The molecule has 0 atom stereocenters. The van der Waals surface area contributed by atoms with Crippen molar-refractivity contribution >= 4 is 5.95 Å². The number of aromatic hydroxyl groups is 1. The van der Waals surface area contributed by atoms with Gasteiger partial charge in [0, 0.05) is 12.1 Å². The number of para-hydroxylation sites is 1. The summed E-state index contributed by atoms with van der Waals surface area (Å²) in [5.41, 5.74) is 2.72. The number of nitrogens with zero attached hydrogens (tertiary/aromatic N) is 3. The summed E-state index contributed by atoms with van der Waals surface area (Å²) < 4.78 is 0. The number of hydrogen-bond donors (Lipinski definition) is 2. The monoisotopic (exact) mass is 258 g/mol. The SMILES string of the molecule is CCc1nnc(NCc2ccccc2O)nc1CC. The highest BCUT2D eigenvalue weighted by atomic mass is 16.3. The molecule has 5 heteroatoms. The first-order valence-corrected chi connectivity index (χ1v) is 6.47. The molecule has 0 amide bonds. The Morgan fingerprint density at radius 1 is 1.05 bits per heavy atom. The molecule has 2 rings (SSSR count). The first-order chi connectivity index (χ1) is 9.24. The van der Waals surface area contributed by atoms with E-state index in [1.54, 1.807) is 12.1 Å². The van der Waals surface area contributed by atoms with Crippen LogP contribution >= 0.6 is 0 Å². The number of benzene rings is 1. The number of hydrogen-bond acceptors (Lipinski definition) is 5. The Hall–Kier alpha value is -2.17. The number of anilines is 1. The summed E-state index contributed by atoms with van der Waals surface area (Å²) >= 11 is 0. The van der Waals surface area contributed by atoms with E-state index in [9.17, 15) is 5.11 Å². The van der Waals surface area contributed by atoms with Crippen LogP contribution in [0.2, 0.25) is 0 Å². The number of rotatable bonds is 5. The highest BCUT2D eigenvalue weighted by molar-refractivity contribution is 5.35. The van der Waals surface area contributed by atoms with Crippen LogP contribution in [-0.2, 0) is 19.4 Å². The number of nitrogens with one attached hydrogen (secondary N) is 1. The smallest absolute Gasteiger partial charge is 0.243 e. The lowest BCUT2D eigenvalue weighted by Crippen LogP contribution is -2.09. The fraction of sp³-hybridized carbons (Fsp3) is 0.357. The van der Waals surface area contributed by atoms with Crippen LogP contribution in [0.25, 0.3) is 0 Å². The molecule has 0 radical (unpaired) electrons. The molecule has 1 aromatic carbocycles. The third-order valence-corrected chi connectivity index (χ3v) is 2.94. The topological polar surface area (TPSA) is 70.9 Å². The van der Waals surface area contributed by atoms with Crippen LogP contribution in [0.4, 0.5) is 5.95 Å². The summed E-state index contributed by atoms with van der Waals surface area (Å²) in [6, 6.07) is 7.19. The van der Waals surface area contributed by atoms with Gasteiger partial charge in [0.25, 0.3) is 0 Å². The van der Waals surface area contributed by atoms with Crippen LogP contribution < -0.4 is 5.32 Å². The molecule has 19 heavy (non-hydrogen) atoms. The molecule has 1 aromatic heterocycles. The summed E-state index contributed by atoms with van der Waals surface area (Å²) in [6.45, 7) is 4.57. The Morgan fingerprint density at radius 2 is 1.79 bits per heavy atom. The van der Waals surface area contributed by atoms with Crippen molar-refractivity contribution in [2.24, 2.45) is 0 Å². The quantitative estimate of drug-likeness (QED) is 0.861. The Kier molecular flexibility index (Phi) is 4.28. The highest BCUT2D eigenvalue weighted by Crippen LogP contribution is 2.16. The second kappa shape index (κ2) is 6.13. The lowest BCUT2D eigenvalue weighted by molar-refractivity contribution is 0.469. The molecule has 0 fully saturated rings. The van der Waals surface area contributed by atoms with Gasteiger partial charge in [0.15, 0.2) is 0 Å². The second-order valence-corrected chi connectivity index (χ2v) is 4.22. The first-order valence-electron chi connectivity index (χ1n) is 6.47. The average Bonchev–Trinajstić information content (AvgIpc) is 2.46. The molecule has 1 heterocycles. The van der Waals surface area contributed by atoms with Crippen molar-refractivity contribution in [3.63, 3.8) is 0 Å². The van der Waals surface area contributed by atoms with Gasteiger partial charge in [-0.1, -0.05) is 32.0 Å². The van der Waals surface area contributed by atoms with Gasteiger partial charge in [-0.2, -0.15) is 5.10 Å². The molecule has 0 saturated heterocycles. The van der Waals surface area contributed by atoms with Gasteiger partial charge in [-0.15, -0.1) is 5.10 Å². The lowest BCUT2D eigenvalue weighted by atomic mass is 10.2. The van der Waals surface area contributed by atoms with Crippen LogP contribution in [0.5, 0.6) is 5.75 Å². The molecular weight excluding hydrogens is 240 g/mol. The van der Waals surface area contributed by atoms with Gasteiger partial charge in [0.05, 0.1) is 11.4 Å². The van der Waals surface area contributed by atoms with Crippen LogP contribution in [-0.4, -0.2) is 20.3 Å². The van der Waals surface area contributed by atoms with Gasteiger partial charge in [-0.3, -0.25) is 0 Å². The van der Waals surface area contributed by atoms with Crippen molar-refractivity contribution in [3.8, 4) is 5.75 Å². The van der Waals surface area contributed by atoms with Crippen LogP contribution in [0.3, 0.4) is 0 Å². The molecule has 100 valence electrons. The van der Waals surface area contributed by atoms with Gasteiger partial charge in [0.2, 0.25) is 5.95 Å². The molecule has 0 spiro atoms. The Bertz CT molecular complexity index is 557. The molecular formula is C14H18N4O. The third kappa shape index (κ3) is 3.19. The molecule has 0 saturated carbocycles. The van der Waals surface area contributed by atoms with E-state index in [1.165, 1.54) is 0 Å². The maximum atomic E-state index is 9.68. The normalized spacial score (nSPS) is 10.4. The molecule has 0 unspecified atom stereocenters. The zero-order valence-corrected chi connectivity index (χ0v) is 11.2. The molecule has 0 aliphatic carbocycles. The zero-order valence-electron chi connectivity index (χ0n) is 11.2. The lowest BCUT2D eigenvalue weighted by Gasteiger charge is -2.08. The van der Waals surface area contributed by atoms with Crippen LogP contribution in [0, 0.1) is 0 Å². The van der Waals surface area contributed by atoms with Crippen LogP contribution in [0.15, 0.2) is 24.3 Å². The van der Waals surface area contributed by atoms with Gasteiger partial charge in [0.1, 0.15) is 5.75 Å². The van der Waals surface area contributed by atoms with Crippen molar-refractivity contribution < 1.29 is 5.11 Å². The number of phenols is 1. The first kappa shape index (κ1) is 13.3. The molecule has 5 nitrogen and oxygen atoms in total. The van der Waals surface area contributed by atoms with Crippen molar-refractivity contribution in [2.75, 3.05) is 5.32 Å². The zero-order chi connectivity index (χ0) is 13.7. The minimum absolute atomic E-state index is 0.267. The van der Waals surface area contributed by atoms with Crippen molar-refractivity contribution in [1.29, 1.82) is 0 Å². The average molecular weight is 258 g/mol. The standard InChI is InChI=1S/C14H18N4O/c1-3-11-12(4-2)17-18-14(16-11)15-9-10-7-5-6-8-13(10)19/h5-8,19H,3-4,9H2,1-2H3,(H,15,16,18). The van der Waals surface area contributed by atoms with Gasteiger partial charge in [-0.25, -0.2) is 4.98 Å². The molecule has 2 N–H and O–H groups in total. The van der Waals surface area contributed by atoms with Gasteiger partial charge >= 0.3 is 0 Å². The van der Waals surface area contributed by atoms with E-state index in [2.05, 4.69) is 27.4 Å². The van der Waals surface area contributed by atoms with Crippen LogP contribution in [0.1, 0.15) is 30.8 Å². The van der Waals surface area contributed by atoms with E-state index >= 15 is 0 Å². The highest BCUT2D eigenvalue weighted by Gasteiger charge is 2.06. The second-order valence-electron chi connectivity index (χ2n) is 4.22. The van der Waals surface area contributed by atoms with E-state index in [0.29, 0.717) is 12.5 Å². The fourth-order valence-corrected chi connectivity index (χ4v) is 1.85. The van der Waals surface area contributed by atoms with E-state index in [4.69, 9.17) is 0 Å². The summed E-state index contributed by atoms with van der Waals surface area (Å²) in [6.07, 6.45) is 1.67. The van der Waals surface area contributed by atoms with E-state index in [0.717, 1.165) is 29.8 Å².